The predicted molar refractivity (Wildman–Crippen MR) is 113 cm³/mol. The van der Waals surface area contributed by atoms with Crippen LogP contribution < -0.4 is 10.6 Å². The van der Waals surface area contributed by atoms with E-state index < -0.39 is 0 Å². The molecule has 0 amide bonds. The van der Waals surface area contributed by atoms with Crippen LogP contribution in [0.1, 0.15) is 16.7 Å². The monoisotopic (exact) mass is 398 g/mol. The Morgan fingerprint density at radius 3 is 2.58 bits per heavy atom. The molecule has 0 radical (unpaired) electrons. The molecule has 2 N–H and O–H groups in total. The summed E-state index contributed by atoms with van der Waals surface area (Å²) in [4.78, 5) is 0. The fourth-order valence-electron chi connectivity index (χ4n) is 2.18. The summed E-state index contributed by atoms with van der Waals surface area (Å²) in [5, 5.41) is 8.32. The fraction of sp³-hybridized carbons (Fsp3) is 0.278. The van der Waals surface area contributed by atoms with Crippen LogP contribution in [0.3, 0.4) is 0 Å². The zero-order valence-corrected chi connectivity index (χ0v) is 16.8. The Hall–Kier alpha value is -0.940. The minimum atomic E-state index is 0.593. The van der Waals surface area contributed by atoms with Crippen molar-refractivity contribution in [2.45, 2.75) is 19.6 Å². The van der Waals surface area contributed by atoms with Gasteiger partial charge in [0.15, 0.2) is 5.11 Å². The van der Waals surface area contributed by atoms with E-state index in [0.29, 0.717) is 15.2 Å². The quantitative estimate of drug-likeness (QED) is 0.471. The molecule has 2 rings (SSSR count). The molecule has 2 aromatic rings. The largest absolute Gasteiger partial charge is 0.362 e. The van der Waals surface area contributed by atoms with Crippen LogP contribution >= 0.6 is 47.2 Å². The van der Waals surface area contributed by atoms with Crippen molar-refractivity contribution in [1.29, 1.82) is 0 Å². The first-order valence-corrected chi connectivity index (χ1v) is 9.91. The standard InChI is InChI=1S/C18H20Cl2N2S2/c1-12-3-6-17(13(2)9-12)22-18(23)21-7-8-24-11-14-4-5-15(19)16(20)10-14/h3-6,9-10H,7-8,11H2,1-2H3,(H2,21,22,23). The molecule has 0 fully saturated rings. The van der Waals surface area contributed by atoms with Crippen LogP contribution in [0.25, 0.3) is 0 Å². The molecule has 0 aliphatic heterocycles. The first kappa shape index (κ1) is 19.4. The average molecular weight is 399 g/mol. The molecular formula is C18H20Cl2N2S2. The van der Waals surface area contributed by atoms with Crippen molar-refractivity contribution >= 4 is 58.0 Å². The Morgan fingerprint density at radius 2 is 1.88 bits per heavy atom. The molecule has 0 aliphatic carbocycles. The van der Waals surface area contributed by atoms with Crippen LogP contribution in [0.15, 0.2) is 36.4 Å². The van der Waals surface area contributed by atoms with Gasteiger partial charge >= 0.3 is 0 Å². The van der Waals surface area contributed by atoms with Gasteiger partial charge in [0, 0.05) is 23.7 Å². The van der Waals surface area contributed by atoms with Gasteiger partial charge in [0.05, 0.1) is 10.0 Å². The lowest BCUT2D eigenvalue weighted by Gasteiger charge is -2.13. The lowest BCUT2D eigenvalue weighted by Crippen LogP contribution is -2.30. The van der Waals surface area contributed by atoms with E-state index in [1.165, 1.54) is 16.7 Å². The second kappa shape index (κ2) is 9.52. The summed E-state index contributed by atoms with van der Waals surface area (Å²) < 4.78 is 0. The molecule has 2 nitrogen and oxygen atoms in total. The first-order valence-electron chi connectivity index (χ1n) is 7.59. The topological polar surface area (TPSA) is 24.1 Å². The Kier molecular flexibility index (Phi) is 7.69. The predicted octanol–water partition coefficient (Wildman–Crippen LogP) is 5.83. The summed E-state index contributed by atoms with van der Waals surface area (Å²) in [5.41, 5.74) is 4.65. The van der Waals surface area contributed by atoms with Gasteiger partial charge in [-0.3, -0.25) is 0 Å². The van der Waals surface area contributed by atoms with Crippen LogP contribution in [0, 0.1) is 13.8 Å². The Bertz CT molecular complexity index is 720. The summed E-state index contributed by atoms with van der Waals surface area (Å²) >= 11 is 19.1. The maximum absolute atomic E-state index is 6.02. The van der Waals surface area contributed by atoms with E-state index in [9.17, 15) is 0 Å². The van der Waals surface area contributed by atoms with E-state index in [1.807, 2.05) is 30.0 Å². The van der Waals surface area contributed by atoms with Crippen molar-refractivity contribution in [3.8, 4) is 0 Å². The molecule has 0 saturated carbocycles. The van der Waals surface area contributed by atoms with Crippen LogP contribution in [0.4, 0.5) is 5.69 Å². The average Bonchev–Trinajstić information content (AvgIpc) is 2.53. The number of thioether (sulfide) groups is 1. The Balaban J connectivity index is 1.68. The second-order valence-corrected chi connectivity index (χ2v) is 7.83. The van der Waals surface area contributed by atoms with E-state index in [4.69, 9.17) is 35.4 Å². The summed E-state index contributed by atoms with van der Waals surface area (Å²) in [5.74, 6) is 1.85. The molecule has 0 saturated heterocycles. The number of rotatable bonds is 6. The zero-order chi connectivity index (χ0) is 17.5. The third-order valence-electron chi connectivity index (χ3n) is 3.41. The van der Waals surface area contributed by atoms with Crippen molar-refractivity contribution in [3.63, 3.8) is 0 Å². The van der Waals surface area contributed by atoms with E-state index in [1.54, 1.807) is 0 Å². The number of hydrogen-bond acceptors (Lipinski definition) is 2. The maximum atomic E-state index is 6.02. The van der Waals surface area contributed by atoms with Gasteiger partial charge in [-0.1, -0.05) is 47.0 Å². The van der Waals surface area contributed by atoms with E-state index in [0.717, 1.165) is 23.7 Å². The van der Waals surface area contributed by atoms with Crippen molar-refractivity contribution in [2.24, 2.45) is 0 Å². The molecule has 0 atom stereocenters. The molecule has 2 aromatic carbocycles. The second-order valence-electron chi connectivity index (χ2n) is 5.50. The first-order chi connectivity index (χ1) is 11.5. The number of nitrogens with one attached hydrogen (secondary N) is 2. The number of hydrogen-bond donors (Lipinski definition) is 2. The van der Waals surface area contributed by atoms with E-state index >= 15 is 0 Å². The van der Waals surface area contributed by atoms with Gasteiger partial charge < -0.3 is 10.6 Å². The van der Waals surface area contributed by atoms with Crippen LogP contribution in [-0.2, 0) is 5.75 Å². The van der Waals surface area contributed by atoms with Gasteiger partial charge in [0.2, 0.25) is 0 Å². The summed E-state index contributed by atoms with van der Waals surface area (Å²) in [6, 6.07) is 12.0. The number of halogens is 2. The number of thiocarbonyl (C=S) groups is 1. The molecule has 0 spiro atoms. The van der Waals surface area contributed by atoms with Crippen molar-refractivity contribution in [2.75, 3.05) is 17.6 Å². The molecule has 6 heteroatoms. The molecular weight excluding hydrogens is 379 g/mol. The third-order valence-corrected chi connectivity index (χ3v) is 5.43. The summed E-state index contributed by atoms with van der Waals surface area (Å²) in [6.07, 6.45) is 0. The fourth-order valence-corrected chi connectivity index (χ4v) is 3.52. The minimum absolute atomic E-state index is 0.593. The van der Waals surface area contributed by atoms with Crippen LogP contribution in [0.5, 0.6) is 0 Å². The van der Waals surface area contributed by atoms with Gasteiger partial charge in [-0.05, 0) is 55.4 Å². The highest BCUT2D eigenvalue weighted by atomic mass is 35.5. The normalized spacial score (nSPS) is 10.5. The van der Waals surface area contributed by atoms with Gasteiger partial charge in [-0.15, -0.1) is 0 Å². The molecule has 0 aromatic heterocycles. The van der Waals surface area contributed by atoms with Gasteiger partial charge in [0.25, 0.3) is 0 Å². The molecule has 0 aliphatic rings. The molecule has 128 valence electrons. The molecule has 0 bridgehead atoms. The highest BCUT2D eigenvalue weighted by molar-refractivity contribution is 7.98. The SMILES string of the molecule is Cc1ccc(NC(=S)NCCSCc2ccc(Cl)c(Cl)c2)c(C)c1. The highest BCUT2D eigenvalue weighted by Crippen LogP contribution is 2.24. The maximum Gasteiger partial charge on any atom is 0.170 e. The molecule has 24 heavy (non-hydrogen) atoms. The lowest BCUT2D eigenvalue weighted by atomic mass is 10.1. The zero-order valence-electron chi connectivity index (χ0n) is 13.7. The van der Waals surface area contributed by atoms with Crippen LogP contribution in [0.2, 0.25) is 10.0 Å². The minimum Gasteiger partial charge on any atom is -0.362 e. The lowest BCUT2D eigenvalue weighted by molar-refractivity contribution is 0.989. The number of anilines is 1. The number of aryl methyl sites for hydroxylation is 2. The molecule has 0 heterocycles. The Morgan fingerprint density at radius 1 is 1.08 bits per heavy atom. The highest BCUT2D eigenvalue weighted by Gasteiger charge is 2.02. The summed E-state index contributed by atoms with van der Waals surface area (Å²) in [6.45, 7) is 4.96. The third kappa shape index (κ3) is 6.17. The van der Waals surface area contributed by atoms with E-state index in [-0.39, 0.29) is 0 Å². The Labute approximate surface area is 163 Å². The van der Waals surface area contributed by atoms with Gasteiger partial charge in [-0.25, -0.2) is 0 Å². The summed E-state index contributed by atoms with van der Waals surface area (Å²) in [7, 11) is 0. The van der Waals surface area contributed by atoms with Crippen molar-refractivity contribution in [3.05, 3.63) is 63.1 Å². The molecule has 0 unspecified atom stereocenters. The van der Waals surface area contributed by atoms with Gasteiger partial charge in [-0.2, -0.15) is 11.8 Å². The number of benzene rings is 2. The smallest absolute Gasteiger partial charge is 0.170 e. The van der Waals surface area contributed by atoms with Crippen molar-refractivity contribution < 1.29 is 0 Å². The van der Waals surface area contributed by atoms with Crippen LogP contribution in [-0.4, -0.2) is 17.4 Å². The van der Waals surface area contributed by atoms with Gasteiger partial charge in [0.1, 0.15) is 0 Å². The van der Waals surface area contributed by atoms with Crippen molar-refractivity contribution in [1.82, 2.24) is 5.32 Å². The van der Waals surface area contributed by atoms with E-state index in [2.05, 4.69) is 42.7 Å².